The van der Waals surface area contributed by atoms with E-state index < -0.39 is 82.9 Å². The largest absolute Gasteiger partial charge is 0.743 e. The third kappa shape index (κ3) is 6.99. The molecule has 0 aliphatic rings. The van der Waals surface area contributed by atoms with Gasteiger partial charge in [0.1, 0.15) is 0 Å². The molecule has 0 bridgehead atoms. The Hall–Kier alpha value is -2.01. The van der Waals surface area contributed by atoms with Gasteiger partial charge in [0.15, 0.2) is 10.1 Å². The topological polar surface area (TPSA) is 122 Å². The highest BCUT2D eigenvalue weighted by Gasteiger charge is 2.66. The van der Waals surface area contributed by atoms with Crippen molar-refractivity contribution in [2.45, 2.75) is 62.3 Å². The maximum Gasteiger partial charge on any atom is 0.466 e. The average molecular weight is 508 g/mol. The summed E-state index contributed by atoms with van der Waals surface area (Å²) >= 11 is 0. The van der Waals surface area contributed by atoms with Crippen LogP contribution < -0.4 is 5.32 Å². The number of carbonyl (C=O) groups excluding carboxylic acids is 2. The number of amides is 1. The lowest BCUT2D eigenvalue weighted by molar-refractivity contribution is -0.347. The Labute approximate surface area is 176 Å². The minimum absolute atomic E-state index is 0.939. The zero-order valence-electron chi connectivity index (χ0n) is 16.4. The molecule has 0 heterocycles. The van der Waals surface area contributed by atoms with Gasteiger partial charge < -0.3 is 19.3 Å². The molecule has 0 aromatic heterocycles. The summed E-state index contributed by atoms with van der Waals surface area (Å²) in [7, 11) is -6.76. The van der Waals surface area contributed by atoms with Crippen molar-refractivity contribution in [1.82, 2.24) is 5.32 Å². The zero-order valence-corrected chi connectivity index (χ0v) is 17.2. The number of carbonyl (C=O) groups is 2. The van der Waals surface area contributed by atoms with Crippen LogP contribution in [0.15, 0.2) is 12.4 Å². The maximum atomic E-state index is 13.5. The summed E-state index contributed by atoms with van der Waals surface area (Å²) in [6.07, 6.45) is -9.86. The summed E-state index contributed by atoms with van der Waals surface area (Å²) in [4.78, 5) is 23.3. The van der Waals surface area contributed by atoms with Gasteiger partial charge >= 0.3 is 35.0 Å². The van der Waals surface area contributed by atoms with E-state index in [-0.39, 0.29) is 0 Å². The number of esters is 1. The van der Waals surface area contributed by atoms with Gasteiger partial charge in [-0.25, -0.2) is 13.2 Å². The molecular formula is C15H18F8NO7S-. The second-order valence-electron chi connectivity index (χ2n) is 6.52. The van der Waals surface area contributed by atoms with Gasteiger partial charge in [-0.05, 0) is 26.7 Å². The molecule has 0 spiro atoms. The van der Waals surface area contributed by atoms with Crippen molar-refractivity contribution in [3.8, 4) is 0 Å². The minimum Gasteiger partial charge on any atom is -0.743 e. The monoisotopic (exact) mass is 508 g/mol. The van der Waals surface area contributed by atoms with Crippen LogP contribution >= 0.6 is 0 Å². The molecule has 0 aromatic carbocycles. The van der Waals surface area contributed by atoms with E-state index in [1.165, 1.54) is 13.8 Å². The molecule has 32 heavy (non-hydrogen) atoms. The molecule has 1 unspecified atom stereocenters. The fourth-order valence-corrected chi connectivity index (χ4v) is 2.41. The molecule has 0 aromatic rings. The first kappa shape index (κ1) is 30.0. The highest BCUT2D eigenvalue weighted by atomic mass is 32.2. The molecule has 0 radical (unpaired) electrons. The number of ether oxygens (including phenoxy) is 2. The molecule has 0 aliphatic heterocycles. The van der Waals surface area contributed by atoms with E-state index in [0.717, 1.165) is 0 Å². The predicted molar refractivity (Wildman–Crippen MR) is 87.8 cm³/mol. The van der Waals surface area contributed by atoms with Crippen molar-refractivity contribution in [3.05, 3.63) is 12.4 Å². The molecule has 0 aliphatic carbocycles. The van der Waals surface area contributed by atoms with Gasteiger partial charge in [0.25, 0.3) is 0 Å². The Morgan fingerprint density at radius 3 is 1.94 bits per heavy atom. The first-order valence-electron chi connectivity index (χ1n) is 8.43. The molecular weight excluding hydrogens is 490 g/mol. The van der Waals surface area contributed by atoms with Gasteiger partial charge in [0, 0.05) is 12.5 Å². The van der Waals surface area contributed by atoms with Crippen molar-refractivity contribution < 1.29 is 67.2 Å². The van der Waals surface area contributed by atoms with Crippen LogP contribution in [0.3, 0.4) is 0 Å². The number of hydrogen-bond donors (Lipinski definition) is 1. The molecule has 0 saturated heterocycles. The Kier molecular flexibility index (Phi) is 9.64. The van der Waals surface area contributed by atoms with Gasteiger partial charge in [-0.3, -0.25) is 4.79 Å². The number of halogens is 8. The van der Waals surface area contributed by atoms with Gasteiger partial charge in [-0.1, -0.05) is 6.58 Å². The van der Waals surface area contributed by atoms with Gasteiger partial charge in [0.2, 0.25) is 5.83 Å². The lowest BCUT2D eigenvalue weighted by Crippen LogP contribution is -2.62. The van der Waals surface area contributed by atoms with Crippen LogP contribution in [-0.4, -0.2) is 60.6 Å². The van der Waals surface area contributed by atoms with Crippen LogP contribution in [0.25, 0.3) is 0 Å². The quantitative estimate of drug-likeness (QED) is 0.107. The van der Waals surface area contributed by atoms with Crippen molar-refractivity contribution in [2.24, 2.45) is 0 Å². The lowest BCUT2D eigenvalue weighted by Gasteiger charge is -2.33. The number of alkyl halides is 7. The fraction of sp³-hybridized carbons (Fsp3) is 0.733. The average Bonchev–Trinajstić information content (AvgIpc) is 2.56. The first-order chi connectivity index (χ1) is 14.1. The predicted octanol–water partition coefficient (Wildman–Crippen LogP) is 2.76. The van der Waals surface area contributed by atoms with Crippen LogP contribution in [0, 0.1) is 0 Å². The van der Waals surface area contributed by atoms with Crippen molar-refractivity contribution in [2.75, 3.05) is 6.61 Å². The second-order valence-corrected chi connectivity index (χ2v) is 7.94. The number of hydrogen-bond acceptors (Lipinski definition) is 7. The molecule has 17 heteroatoms. The molecule has 0 rings (SSSR count). The van der Waals surface area contributed by atoms with E-state index in [1.54, 1.807) is 5.32 Å². The summed E-state index contributed by atoms with van der Waals surface area (Å²) in [6.45, 7) is 3.46. The van der Waals surface area contributed by atoms with Crippen LogP contribution in [-0.2, 0) is 29.2 Å². The van der Waals surface area contributed by atoms with Crippen LogP contribution in [0.1, 0.15) is 33.1 Å². The molecule has 0 fully saturated rings. The Bertz CT molecular complexity index is 813. The van der Waals surface area contributed by atoms with Gasteiger partial charge in [0.05, 0.1) is 6.61 Å². The number of unbranched alkanes of at least 4 members (excludes halogenated alkanes) is 1. The summed E-state index contributed by atoms with van der Waals surface area (Å²) in [5, 5.41) is -4.29. The van der Waals surface area contributed by atoms with E-state index in [9.17, 15) is 57.7 Å². The van der Waals surface area contributed by atoms with Crippen molar-refractivity contribution >= 4 is 22.0 Å². The van der Waals surface area contributed by atoms with E-state index >= 15 is 0 Å². The van der Waals surface area contributed by atoms with E-state index in [0.29, 0.717) is 0 Å². The van der Waals surface area contributed by atoms with E-state index in [2.05, 4.69) is 16.1 Å². The molecule has 8 nitrogen and oxygen atoms in total. The maximum absolute atomic E-state index is 13.5. The van der Waals surface area contributed by atoms with Crippen molar-refractivity contribution in [3.63, 3.8) is 0 Å². The van der Waals surface area contributed by atoms with E-state index in [1.807, 2.05) is 0 Å². The Morgan fingerprint density at radius 2 is 1.56 bits per heavy atom. The second kappa shape index (κ2) is 10.3. The molecule has 1 atom stereocenters. The Morgan fingerprint density at radius 1 is 1.06 bits per heavy atom. The molecule has 1 amide bonds. The third-order valence-corrected chi connectivity index (χ3v) is 4.41. The summed E-state index contributed by atoms with van der Waals surface area (Å²) in [6, 6.07) is -0.977. The highest BCUT2D eigenvalue weighted by Crippen LogP contribution is 2.42. The Balaban J connectivity index is 5.54. The van der Waals surface area contributed by atoms with Crippen LogP contribution in [0.4, 0.5) is 35.1 Å². The molecule has 188 valence electrons. The molecule has 0 saturated carbocycles. The van der Waals surface area contributed by atoms with Crippen LogP contribution in [0.2, 0.25) is 0 Å². The molecule has 1 N–H and O–H groups in total. The van der Waals surface area contributed by atoms with Gasteiger partial charge in [-0.15, -0.1) is 0 Å². The number of nitrogens with one attached hydrogen (secondary N) is 1. The summed E-state index contributed by atoms with van der Waals surface area (Å²) < 4.78 is 145. The smallest absolute Gasteiger partial charge is 0.466 e. The minimum atomic E-state index is -6.76. The number of rotatable bonds is 12. The zero-order chi connectivity index (χ0) is 25.8. The standard InChI is InChI=1S/C15H19F8NO7S/c1-8(2)24-11(26)13(14(19,20)21,31-10(25)9(3)16)30-7-5-4-6-12(17,18)15(22,23)32(27,28)29/h8H,3-7H2,1-2H3,(H,24,26)(H,27,28,29)/p-1. The van der Waals surface area contributed by atoms with Crippen LogP contribution in [0.5, 0.6) is 0 Å². The summed E-state index contributed by atoms with van der Waals surface area (Å²) in [5.41, 5.74) is 0. The van der Waals surface area contributed by atoms with Gasteiger partial charge in [-0.2, -0.15) is 35.1 Å². The van der Waals surface area contributed by atoms with E-state index in [4.69, 9.17) is 0 Å². The highest BCUT2D eigenvalue weighted by molar-refractivity contribution is 7.86. The lowest BCUT2D eigenvalue weighted by atomic mass is 10.1. The normalized spacial score (nSPS) is 15.2. The first-order valence-corrected chi connectivity index (χ1v) is 9.83. The summed E-state index contributed by atoms with van der Waals surface area (Å²) in [5.74, 6) is -16.3. The van der Waals surface area contributed by atoms with Crippen molar-refractivity contribution in [1.29, 1.82) is 0 Å². The fourth-order valence-electron chi connectivity index (χ4n) is 1.95. The SMILES string of the molecule is C=C(F)C(=O)OC(OCCCCC(F)(F)C(F)(F)S(=O)(=O)[O-])(C(=O)NC(C)C)C(F)(F)F. The third-order valence-electron chi connectivity index (χ3n) is 3.48.